The van der Waals surface area contributed by atoms with Gasteiger partial charge in [0.05, 0.1) is 6.54 Å². The van der Waals surface area contributed by atoms with Crippen LogP contribution in [0, 0.1) is 0 Å². The summed E-state index contributed by atoms with van der Waals surface area (Å²) in [6.07, 6.45) is 0.551. The van der Waals surface area contributed by atoms with Gasteiger partial charge in [-0.2, -0.15) is 4.98 Å². The Morgan fingerprint density at radius 2 is 2.09 bits per heavy atom. The number of guanidine groups is 1. The van der Waals surface area contributed by atoms with Crippen LogP contribution < -0.4 is 5.73 Å². The minimum atomic E-state index is 0. The van der Waals surface area contributed by atoms with E-state index in [0.29, 0.717) is 35.7 Å². The van der Waals surface area contributed by atoms with Crippen molar-refractivity contribution < 1.29 is 4.52 Å². The predicted molar refractivity (Wildman–Crippen MR) is 103 cm³/mol. The molecule has 0 amide bonds. The molecule has 0 radical (unpaired) electrons. The molecule has 126 valence electrons. The molecule has 0 aliphatic heterocycles. The zero-order valence-electron chi connectivity index (χ0n) is 13.2. The number of nitrogens with zero attached hydrogens (tertiary/aromatic N) is 4. The zero-order valence-corrected chi connectivity index (χ0v) is 16.3. The highest BCUT2D eigenvalue weighted by atomic mass is 127. The molecule has 1 aromatic heterocycles. The predicted octanol–water partition coefficient (Wildman–Crippen LogP) is 3.21. The number of benzene rings is 1. The molecule has 2 N–H and O–H groups in total. The first-order valence-corrected chi connectivity index (χ1v) is 7.65. The van der Waals surface area contributed by atoms with E-state index in [2.05, 4.69) is 15.1 Å². The number of aliphatic imine (C=N–C) groups is 1. The highest BCUT2D eigenvalue weighted by Gasteiger charge is 2.09. The molecule has 23 heavy (non-hydrogen) atoms. The number of rotatable bonds is 6. The van der Waals surface area contributed by atoms with Crippen LogP contribution in [0.2, 0.25) is 5.02 Å². The van der Waals surface area contributed by atoms with Crippen molar-refractivity contribution in [2.24, 2.45) is 10.7 Å². The van der Waals surface area contributed by atoms with Crippen LogP contribution in [0.4, 0.5) is 0 Å². The minimum Gasteiger partial charge on any atom is -0.370 e. The molecule has 0 fully saturated rings. The van der Waals surface area contributed by atoms with E-state index in [1.807, 2.05) is 30.9 Å². The van der Waals surface area contributed by atoms with Gasteiger partial charge in [-0.25, -0.2) is 0 Å². The third-order valence-electron chi connectivity index (χ3n) is 3.24. The zero-order chi connectivity index (χ0) is 15.9. The number of aromatic nitrogens is 2. The molecule has 8 heteroatoms. The first kappa shape index (κ1) is 19.7. The van der Waals surface area contributed by atoms with E-state index >= 15 is 0 Å². The second kappa shape index (κ2) is 9.71. The summed E-state index contributed by atoms with van der Waals surface area (Å²) in [6, 6.07) is 7.34. The Morgan fingerprint density at radius 1 is 1.35 bits per heavy atom. The van der Waals surface area contributed by atoms with E-state index in [1.54, 1.807) is 12.1 Å². The molecule has 0 spiro atoms. The van der Waals surface area contributed by atoms with E-state index < -0.39 is 0 Å². The molecule has 2 rings (SSSR count). The van der Waals surface area contributed by atoms with Crippen LogP contribution in [-0.4, -0.2) is 40.6 Å². The first-order valence-electron chi connectivity index (χ1n) is 7.27. The maximum Gasteiger partial charge on any atom is 0.228 e. The van der Waals surface area contributed by atoms with Crippen molar-refractivity contribution >= 4 is 41.5 Å². The van der Waals surface area contributed by atoms with Gasteiger partial charge in [-0.3, -0.25) is 4.99 Å². The molecule has 2 aromatic rings. The lowest BCUT2D eigenvalue weighted by Gasteiger charge is -2.19. The highest BCUT2D eigenvalue weighted by Crippen LogP contribution is 2.19. The fourth-order valence-corrected chi connectivity index (χ4v) is 2.21. The van der Waals surface area contributed by atoms with Gasteiger partial charge >= 0.3 is 0 Å². The number of nitrogens with two attached hydrogens (primary N) is 1. The van der Waals surface area contributed by atoms with Crippen molar-refractivity contribution in [3.63, 3.8) is 0 Å². The molecular formula is C15H21ClIN5O. The summed E-state index contributed by atoms with van der Waals surface area (Å²) in [6.45, 7) is 6.28. The maximum absolute atomic E-state index is 5.95. The van der Waals surface area contributed by atoms with Crippen LogP contribution in [-0.2, 0) is 6.42 Å². The molecule has 0 aliphatic carbocycles. The molecule has 0 saturated carbocycles. The molecule has 0 aliphatic rings. The van der Waals surface area contributed by atoms with E-state index in [-0.39, 0.29) is 24.0 Å². The Bertz CT molecular complexity index is 642. The summed E-state index contributed by atoms with van der Waals surface area (Å²) >= 11 is 5.95. The molecule has 1 heterocycles. The second-order valence-electron chi connectivity index (χ2n) is 4.68. The topological polar surface area (TPSA) is 80.5 Å². The minimum absolute atomic E-state index is 0. The van der Waals surface area contributed by atoms with Crippen molar-refractivity contribution in [1.29, 1.82) is 0 Å². The fraction of sp³-hybridized carbons (Fsp3) is 0.400. The lowest BCUT2D eigenvalue weighted by atomic mass is 10.2. The van der Waals surface area contributed by atoms with Crippen LogP contribution in [0.3, 0.4) is 0 Å². The molecule has 0 bridgehead atoms. The van der Waals surface area contributed by atoms with Gasteiger partial charge in [0.1, 0.15) is 0 Å². The monoisotopic (exact) mass is 449 g/mol. The lowest BCUT2D eigenvalue weighted by molar-refractivity contribution is 0.380. The largest absolute Gasteiger partial charge is 0.370 e. The van der Waals surface area contributed by atoms with Gasteiger partial charge in [0.25, 0.3) is 0 Å². The normalized spacial score (nSPS) is 11.2. The second-order valence-corrected chi connectivity index (χ2v) is 5.12. The van der Waals surface area contributed by atoms with Crippen LogP contribution in [0.5, 0.6) is 0 Å². The van der Waals surface area contributed by atoms with E-state index in [0.717, 1.165) is 18.7 Å². The van der Waals surface area contributed by atoms with Crippen LogP contribution in [0.25, 0.3) is 11.4 Å². The molecule has 0 atom stereocenters. The maximum atomic E-state index is 5.95. The van der Waals surface area contributed by atoms with Crippen molar-refractivity contribution in [2.45, 2.75) is 20.3 Å². The Hall–Kier alpha value is -1.35. The van der Waals surface area contributed by atoms with Crippen LogP contribution in [0.1, 0.15) is 19.7 Å². The SMILES string of the molecule is CCN(CC)C(N)=NCCc1nc(-c2cccc(Cl)c2)no1.I. The van der Waals surface area contributed by atoms with Crippen molar-refractivity contribution in [1.82, 2.24) is 15.0 Å². The Kier molecular flexibility index (Phi) is 8.32. The third kappa shape index (κ3) is 5.65. The molecule has 1 aromatic carbocycles. The third-order valence-corrected chi connectivity index (χ3v) is 3.47. The number of halogens is 2. The molecule has 6 nitrogen and oxygen atoms in total. The first-order chi connectivity index (χ1) is 10.6. The van der Waals surface area contributed by atoms with Gasteiger partial charge < -0.3 is 15.2 Å². The summed E-state index contributed by atoms with van der Waals surface area (Å²) in [5, 5.41) is 4.60. The van der Waals surface area contributed by atoms with Crippen molar-refractivity contribution in [3.8, 4) is 11.4 Å². The summed E-state index contributed by atoms with van der Waals surface area (Å²) in [7, 11) is 0. The molecular weight excluding hydrogens is 429 g/mol. The summed E-state index contributed by atoms with van der Waals surface area (Å²) < 4.78 is 5.23. The Morgan fingerprint density at radius 3 is 2.74 bits per heavy atom. The Balaban J connectivity index is 0.00000264. The van der Waals surface area contributed by atoms with Gasteiger partial charge in [0, 0.05) is 30.1 Å². The average Bonchev–Trinajstić information content (AvgIpc) is 2.97. The van der Waals surface area contributed by atoms with Gasteiger partial charge in [-0.15, -0.1) is 24.0 Å². The highest BCUT2D eigenvalue weighted by molar-refractivity contribution is 14.0. The number of hydrogen-bond acceptors (Lipinski definition) is 4. The van der Waals surface area contributed by atoms with E-state index in [1.165, 1.54) is 0 Å². The summed E-state index contributed by atoms with van der Waals surface area (Å²) in [5.41, 5.74) is 6.74. The van der Waals surface area contributed by atoms with Gasteiger partial charge in [0.2, 0.25) is 11.7 Å². The standard InChI is InChI=1S/C15H20ClN5O.HI/c1-3-21(4-2)15(17)18-9-8-13-19-14(20-22-13)11-6-5-7-12(16)10-11;/h5-7,10H,3-4,8-9H2,1-2H3,(H2,17,18);1H. The smallest absolute Gasteiger partial charge is 0.228 e. The van der Waals surface area contributed by atoms with Crippen molar-refractivity contribution in [2.75, 3.05) is 19.6 Å². The average molecular weight is 450 g/mol. The van der Waals surface area contributed by atoms with E-state index in [9.17, 15) is 0 Å². The Labute approximate surface area is 158 Å². The van der Waals surface area contributed by atoms with Crippen LogP contribution in [0.15, 0.2) is 33.8 Å². The molecule has 0 saturated heterocycles. The van der Waals surface area contributed by atoms with Gasteiger partial charge in [0.15, 0.2) is 5.96 Å². The summed E-state index contributed by atoms with van der Waals surface area (Å²) in [4.78, 5) is 10.7. The quantitative estimate of drug-likeness (QED) is 0.416. The van der Waals surface area contributed by atoms with Gasteiger partial charge in [-0.05, 0) is 26.0 Å². The number of hydrogen-bond donors (Lipinski definition) is 1. The fourth-order valence-electron chi connectivity index (χ4n) is 2.01. The molecule has 0 unspecified atom stereocenters. The lowest BCUT2D eigenvalue weighted by Crippen LogP contribution is -2.37. The van der Waals surface area contributed by atoms with Crippen LogP contribution >= 0.6 is 35.6 Å². The van der Waals surface area contributed by atoms with E-state index in [4.69, 9.17) is 21.9 Å². The van der Waals surface area contributed by atoms with Crippen molar-refractivity contribution in [3.05, 3.63) is 35.2 Å². The summed E-state index contributed by atoms with van der Waals surface area (Å²) in [5.74, 6) is 1.60. The van der Waals surface area contributed by atoms with Gasteiger partial charge in [-0.1, -0.05) is 28.9 Å².